The Hall–Kier alpha value is -3.85. The van der Waals surface area contributed by atoms with E-state index in [2.05, 4.69) is 10.3 Å². The molecule has 0 bridgehead atoms. The van der Waals surface area contributed by atoms with Crippen LogP contribution in [0.4, 0.5) is 4.39 Å². The number of nitrogens with zero attached hydrogens (tertiary/aromatic N) is 3. The Morgan fingerprint density at radius 3 is 2.39 bits per heavy atom. The number of amides is 1. The molecule has 1 aliphatic heterocycles. The van der Waals surface area contributed by atoms with Crippen LogP contribution >= 0.6 is 0 Å². The Morgan fingerprint density at radius 2 is 1.80 bits per heavy atom. The molecular formula is C32H39FN4O4. The molecule has 2 N–H and O–H groups in total. The molecule has 0 unspecified atom stereocenters. The highest BCUT2D eigenvalue weighted by atomic mass is 19.1. The highest BCUT2D eigenvalue weighted by molar-refractivity contribution is 5.82. The number of hydrogen-bond acceptors (Lipinski definition) is 5. The molecule has 1 saturated heterocycles. The molecule has 2 atom stereocenters. The number of benzene rings is 1. The number of aromatic nitrogens is 2. The Balaban J connectivity index is 1.62. The van der Waals surface area contributed by atoms with E-state index in [1.54, 1.807) is 24.7 Å². The number of alkyl halides is 1. The van der Waals surface area contributed by atoms with Gasteiger partial charge in [0.1, 0.15) is 11.7 Å². The zero-order valence-corrected chi connectivity index (χ0v) is 24.4. The summed E-state index contributed by atoms with van der Waals surface area (Å²) in [6.07, 6.45) is 4.99. The number of carbonyl (C=O) groups excluding carboxylic acids is 1. The second kappa shape index (κ2) is 12.3. The first-order valence-electron chi connectivity index (χ1n) is 14.0. The number of rotatable bonds is 11. The summed E-state index contributed by atoms with van der Waals surface area (Å²) >= 11 is 0. The van der Waals surface area contributed by atoms with Gasteiger partial charge in [-0.25, -0.2) is 4.39 Å². The fourth-order valence-electron chi connectivity index (χ4n) is 5.84. The molecule has 0 radical (unpaired) electrons. The number of carboxylic acid groups (broad SMARTS) is 1. The quantitative estimate of drug-likeness (QED) is 0.353. The molecule has 0 aliphatic carbocycles. The minimum atomic E-state index is -1.36. The van der Waals surface area contributed by atoms with Crippen LogP contribution in [-0.2, 0) is 16.0 Å². The van der Waals surface area contributed by atoms with Gasteiger partial charge in [-0.2, -0.15) is 0 Å². The first kappa shape index (κ1) is 30.1. The Kier molecular flexibility index (Phi) is 9.07. The summed E-state index contributed by atoms with van der Waals surface area (Å²) in [4.78, 5) is 45.0. The lowest BCUT2D eigenvalue weighted by atomic mass is 9.90. The molecule has 218 valence electrons. The van der Waals surface area contributed by atoms with E-state index in [4.69, 9.17) is 0 Å². The summed E-state index contributed by atoms with van der Waals surface area (Å²) in [7, 11) is 1.85. The molecule has 1 aromatic carbocycles. The number of carboxylic acids is 1. The van der Waals surface area contributed by atoms with Crippen LogP contribution in [0.15, 0.2) is 59.8 Å². The van der Waals surface area contributed by atoms with Crippen molar-refractivity contribution in [3.8, 4) is 11.1 Å². The summed E-state index contributed by atoms with van der Waals surface area (Å²) < 4.78 is 16.2. The highest BCUT2D eigenvalue weighted by Gasteiger charge is 2.41. The maximum atomic E-state index is 14.9. The van der Waals surface area contributed by atoms with Crippen LogP contribution in [0, 0.1) is 19.8 Å². The summed E-state index contributed by atoms with van der Waals surface area (Å²) in [6.45, 7) is 8.54. The van der Waals surface area contributed by atoms with Gasteiger partial charge in [-0.1, -0.05) is 32.0 Å². The number of aliphatic carboxylic acids is 1. The number of carbonyl (C=O) groups is 2. The third-order valence-corrected chi connectivity index (χ3v) is 7.60. The number of aryl methyl sites for hydroxylation is 2. The molecule has 3 heterocycles. The molecule has 1 amide bonds. The van der Waals surface area contributed by atoms with Crippen molar-refractivity contribution in [2.45, 2.75) is 64.7 Å². The molecule has 3 aromatic rings. The van der Waals surface area contributed by atoms with Crippen molar-refractivity contribution in [2.24, 2.45) is 5.92 Å². The van der Waals surface area contributed by atoms with Crippen molar-refractivity contribution < 1.29 is 19.1 Å². The lowest BCUT2D eigenvalue weighted by Crippen LogP contribution is -2.58. The SMILES string of the molecule is Cc1cccc(C)c1-c1cncc([C@H](CC(=O)O)NC(=O)[C@H](CC(C)C)n2ccc(CC3(F)CN(C)C3)cc2=O)c1. The van der Waals surface area contributed by atoms with E-state index in [0.29, 0.717) is 30.6 Å². The molecule has 41 heavy (non-hydrogen) atoms. The Labute approximate surface area is 240 Å². The van der Waals surface area contributed by atoms with Gasteiger partial charge in [-0.05, 0) is 73.2 Å². The Morgan fingerprint density at radius 1 is 1.12 bits per heavy atom. The van der Waals surface area contributed by atoms with Gasteiger partial charge in [0.25, 0.3) is 5.56 Å². The molecule has 4 rings (SSSR count). The fourth-order valence-corrected chi connectivity index (χ4v) is 5.84. The topological polar surface area (TPSA) is 105 Å². The monoisotopic (exact) mass is 562 g/mol. The fraction of sp³-hybridized carbons (Fsp3) is 0.438. The van der Waals surface area contributed by atoms with Crippen LogP contribution in [0.25, 0.3) is 11.1 Å². The van der Waals surface area contributed by atoms with Crippen molar-refractivity contribution in [1.82, 2.24) is 19.8 Å². The summed E-state index contributed by atoms with van der Waals surface area (Å²) in [5.41, 5.74) is 3.36. The zero-order chi connectivity index (χ0) is 29.9. The Bertz CT molecular complexity index is 1460. The van der Waals surface area contributed by atoms with Gasteiger partial charge >= 0.3 is 5.97 Å². The predicted octanol–water partition coefficient (Wildman–Crippen LogP) is 4.64. The smallest absolute Gasteiger partial charge is 0.305 e. The number of halogens is 1. The average molecular weight is 563 g/mol. The van der Waals surface area contributed by atoms with Gasteiger partial charge in [-0.15, -0.1) is 0 Å². The molecule has 0 saturated carbocycles. The maximum absolute atomic E-state index is 14.9. The largest absolute Gasteiger partial charge is 0.481 e. The third-order valence-electron chi connectivity index (χ3n) is 7.60. The molecule has 1 aliphatic rings. The summed E-state index contributed by atoms with van der Waals surface area (Å²) in [6, 6.07) is 9.21. The first-order chi connectivity index (χ1) is 19.3. The van der Waals surface area contributed by atoms with Gasteiger partial charge in [0.05, 0.1) is 12.5 Å². The van der Waals surface area contributed by atoms with Crippen molar-refractivity contribution in [2.75, 3.05) is 20.1 Å². The second-order valence-electron chi connectivity index (χ2n) is 11.9. The zero-order valence-electron chi connectivity index (χ0n) is 24.4. The normalized spacial score (nSPS) is 16.2. The molecule has 8 nitrogen and oxygen atoms in total. The van der Waals surface area contributed by atoms with Crippen molar-refractivity contribution in [1.29, 1.82) is 0 Å². The second-order valence-corrected chi connectivity index (χ2v) is 11.9. The highest BCUT2D eigenvalue weighted by Crippen LogP contribution is 2.30. The van der Waals surface area contributed by atoms with E-state index >= 15 is 0 Å². The van der Waals surface area contributed by atoms with Crippen LogP contribution in [0.3, 0.4) is 0 Å². The summed E-state index contributed by atoms with van der Waals surface area (Å²) in [5.74, 6) is -1.46. The lowest BCUT2D eigenvalue weighted by Gasteiger charge is -2.42. The van der Waals surface area contributed by atoms with Crippen LogP contribution in [0.2, 0.25) is 0 Å². The third kappa shape index (κ3) is 7.27. The van der Waals surface area contributed by atoms with E-state index in [9.17, 15) is 23.9 Å². The van der Waals surface area contributed by atoms with E-state index in [0.717, 1.165) is 22.3 Å². The predicted molar refractivity (Wildman–Crippen MR) is 157 cm³/mol. The van der Waals surface area contributed by atoms with E-state index in [1.165, 1.54) is 10.6 Å². The van der Waals surface area contributed by atoms with Gasteiger partial charge < -0.3 is 15.0 Å². The van der Waals surface area contributed by atoms with E-state index in [1.807, 2.05) is 63.9 Å². The van der Waals surface area contributed by atoms with Crippen LogP contribution in [0.1, 0.15) is 61.0 Å². The maximum Gasteiger partial charge on any atom is 0.305 e. The minimum absolute atomic E-state index is 0.0731. The molecule has 9 heteroatoms. The molecule has 2 aromatic heterocycles. The number of pyridine rings is 2. The number of nitrogens with one attached hydrogen (secondary N) is 1. The first-order valence-corrected chi connectivity index (χ1v) is 14.0. The minimum Gasteiger partial charge on any atom is -0.481 e. The van der Waals surface area contributed by atoms with E-state index < -0.39 is 35.2 Å². The standard InChI is InChI=1S/C32H39FN4O4/c1-20(2)11-27(37-10-9-23(12-28(37)38)15-32(33)18-36(5)19-32)31(41)35-26(14-29(39)40)24-13-25(17-34-16-24)30-21(3)7-6-8-22(30)4/h6-10,12-13,16-17,20,26-27H,11,14-15,18-19H2,1-5H3,(H,35,41)(H,39,40)/t26-,27-/m0/s1. The average Bonchev–Trinajstić information content (AvgIpc) is 2.86. The number of likely N-dealkylation sites (tertiary alicyclic amines) is 1. The van der Waals surface area contributed by atoms with Crippen molar-refractivity contribution >= 4 is 11.9 Å². The van der Waals surface area contributed by atoms with Gasteiger partial charge in [-0.3, -0.25) is 24.3 Å². The van der Waals surface area contributed by atoms with Gasteiger partial charge in [0.15, 0.2) is 0 Å². The summed E-state index contributed by atoms with van der Waals surface area (Å²) in [5, 5.41) is 12.6. The van der Waals surface area contributed by atoms with Gasteiger partial charge in [0, 0.05) is 49.7 Å². The van der Waals surface area contributed by atoms with E-state index in [-0.39, 0.29) is 18.8 Å². The van der Waals surface area contributed by atoms with Crippen molar-refractivity contribution in [3.05, 3.63) is 87.6 Å². The molecular weight excluding hydrogens is 523 g/mol. The molecule has 1 fully saturated rings. The number of hydrogen-bond donors (Lipinski definition) is 2. The van der Waals surface area contributed by atoms with Crippen molar-refractivity contribution in [3.63, 3.8) is 0 Å². The van der Waals surface area contributed by atoms with Crippen LogP contribution < -0.4 is 10.9 Å². The lowest BCUT2D eigenvalue weighted by molar-refractivity contribution is -0.138. The van der Waals surface area contributed by atoms with Gasteiger partial charge in [0.2, 0.25) is 5.91 Å². The molecule has 0 spiro atoms. The van der Waals surface area contributed by atoms with Crippen LogP contribution in [0.5, 0.6) is 0 Å². The van der Waals surface area contributed by atoms with Crippen LogP contribution in [-0.4, -0.2) is 57.2 Å².